The highest BCUT2D eigenvalue weighted by atomic mass is 16.4. The standard InChI is InChI=1S/C23H22N2O5/c1-13-9-10-15(23(29)30)12-19(13)24-20(26)14-5-4-6-16(11-14)25-21(27)17-7-2-3-8-18(17)22(25)28/h4-6,9-12,17-18H,2-3,7-8H2,1H3,(H,24,26)(H,29,30)/t17-,18-/m1/s1. The van der Waals surface area contributed by atoms with Crippen molar-refractivity contribution in [3.8, 4) is 0 Å². The molecular weight excluding hydrogens is 384 g/mol. The van der Waals surface area contributed by atoms with Crippen LogP contribution in [0.15, 0.2) is 42.5 Å². The van der Waals surface area contributed by atoms with Gasteiger partial charge < -0.3 is 10.4 Å². The molecule has 2 aromatic rings. The molecule has 0 spiro atoms. The van der Waals surface area contributed by atoms with Crippen molar-refractivity contribution in [3.63, 3.8) is 0 Å². The van der Waals surface area contributed by atoms with Gasteiger partial charge in [-0.2, -0.15) is 0 Å². The highest BCUT2D eigenvalue weighted by Crippen LogP contribution is 2.40. The normalized spacial score (nSPS) is 20.8. The van der Waals surface area contributed by atoms with Gasteiger partial charge in [-0.1, -0.05) is 25.0 Å². The third-order valence-corrected chi connectivity index (χ3v) is 5.94. The van der Waals surface area contributed by atoms with E-state index in [0.717, 1.165) is 31.2 Å². The van der Waals surface area contributed by atoms with Crippen LogP contribution in [0.2, 0.25) is 0 Å². The molecule has 30 heavy (non-hydrogen) atoms. The van der Waals surface area contributed by atoms with E-state index in [4.69, 9.17) is 5.11 Å². The summed E-state index contributed by atoms with van der Waals surface area (Å²) in [6, 6.07) is 10.9. The maximum absolute atomic E-state index is 12.8. The first-order valence-corrected chi connectivity index (χ1v) is 10.00. The van der Waals surface area contributed by atoms with Crippen molar-refractivity contribution < 1.29 is 24.3 Å². The highest BCUT2D eigenvalue weighted by Gasteiger charge is 2.48. The van der Waals surface area contributed by atoms with Gasteiger partial charge in [0.2, 0.25) is 11.8 Å². The first-order chi connectivity index (χ1) is 14.4. The molecule has 0 unspecified atom stereocenters. The Morgan fingerprint density at radius 3 is 2.27 bits per heavy atom. The zero-order valence-corrected chi connectivity index (χ0v) is 16.6. The zero-order valence-electron chi connectivity index (χ0n) is 16.6. The minimum absolute atomic E-state index is 0.0699. The van der Waals surface area contributed by atoms with Crippen LogP contribution in [-0.2, 0) is 9.59 Å². The lowest BCUT2D eigenvalue weighted by molar-refractivity contribution is -0.122. The maximum atomic E-state index is 12.8. The molecule has 2 fully saturated rings. The lowest BCUT2D eigenvalue weighted by Gasteiger charge is -2.19. The van der Waals surface area contributed by atoms with E-state index in [1.54, 1.807) is 31.2 Å². The first-order valence-electron chi connectivity index (χ1n) is 10.00. The quantitative estimate of drug-likeness (QED) is 0.755. The molecule has 2 atom stereocenters. The zero-order chi connectivity index (χ0) is 21.4. The Bertz CT molecular complexity index is 1040. The average Bonchev–Trinajstić information content (AvgIpc) is 3.00. The van der Waals surface area contributed by atoms with Gasteiger partial charge in [0.15, 0.2) is 0 Å². The van der Waals surface area contributed by atoms with Crippen LogP contribution < -0.4 is 10.2 Å². The Morgan fingerprint density at radius 1 is 0.967 bits per heavy atom. The lowest BCUT2D eigenvalue weighted by Crippen LogP contribution is -2.31. The summed E-state index contributed by atoms with van der Waals surface area (Å²) in [5.41, 5.74) is 1.86. The summed E-state index contributed by atoms with van der Waals surface area (Å²) in [7, 11) is 0. The van der Waals surface area contributed by atoms with E-state index in [2.05, 4.69) is 5.32 Å². The molecule has 7 heteroatoms. The molecule has 3 amide bonds. The number of nitrogens with one attached hydrogen (secondary N) is 1. The molecule has 1 aliphatic heterocycles. The van der Waals surface area contributed by atoms with Crippen LogP contribution in [0.1, 0.15) is 52.0 Å². The van der Waals surface area contributed by atoms with Crippen LogP contribution in [-0.4, -0.2) is 28.8 Å². The summed E-state index contributed by atoms with van der Waals surface area (Å²) in [4.78, 5) is 50.8. The maximum Gasteiger partial charge on any atom is 0.335 e. The molecule has 2 aromatic carbocycles. The number of anilines is 2. The average molecular weight is 406 g/mol. The van der Waals surface area contributed by atoms with Crippen LogP contribution in [0.5, 0.6) is 0 Å². The van der Waals surface area contributed by atoms with Gasteiger partial charge in [-0.25, -0.2) is 4.79 Å². The summed E-state index contributed by atoms with van der Waals surface area (Å²) < 4.78 is 0. The molecule has 0 aromatic heterocycles. The molecule has 1 saturated carbocycles. The number of fused-ring (bicyclic) bond motifs is 1. The number of amides is 3. The van der Waals surface area contributed by atoms with E-state index in [1.165, 1.54) is 23.1 Å². The molecule has 0 radical (unpaired) electrons. The van der Waals surface area contributed by atoms with Gasteiger partial charge in [0.25, 0.3) is 5.91 Å². The van der Waals surface area contributed by atoms with E-state index >= 15 is 0 Å². The van der Waals surface area contributed by atoms with Gasteiger partial charge in [-0.05, 0) is 55.7 Å². The fraction of sp³-hybridized carbons (Fsp3) is 0.304. The molecule has 2 aliphatic rings. The van der Waals surface area contributed by atoms with Crippen molar-refractivity contribution in [2.75, 3.05) is 10.2 Å². The van der Waals surface area contributed by atoms with Crippen molar-refractivity contribution in [3.05, 3.63) is 59.2 Å². The Labute approximate surface area is 173 Å². The molecule has 2 N–H and O–H groups in total. The number of benzene rings is 2. The largest absolute Gasteiger partial charge is 0.478 e. The van der Waals surface area contributed by atoms with Crippen LogP contribution in [0.25, 0.3) is 0 Å². The first kappa shape index (κ1) is 19.8. The number of carbonyl (C=O) groups excluding carboxylic acids is 3. The minimum atomic E-state index is -1.08. The van der Waals surface area contributed by atoms with Crippen molar-refractivity contribution in [2.24, 2.45) is 11.8 Å². The Morgan fingerprint density at radius 2 is 1.63 bits per heavy atom. The van der Waals surface area contributed by atoms with E-state index in [1.807, 2.05) is 0 Å². The van der Waals surface area contributed by atoms with Crippen molar-refractivity contribution in [1.82, 2.24) is 0 Å². The van der Waals surface area contributed by atoms with E-state index in [-0.39, 0.29) is 34.8 Å². The van der Waals surface area contributed by atoms with Crippen molar-refractivity contribution in [2.45, 2.75) is 32.6 Å². The number of aromatic carboxylic acids is 1. The van der Waals surface area contributed by atoms with Crippen molar-refractivity contribution in [1.29, 1.82) is 0 Å². The number of hydrogen-bond donors (Lipinski definition) is 2. The molecule has 7 nitrogen and oxygen atoms in total. The number of nitrogens with zero attached hydrogens (tertiary/aromatic N) is 1. The van der Waals surface area contributed by atoms with Crippen LogP contribution in [0, 0.1) is 18.8 Å². The molecular formula is C23H22N2O5. The van der Waals surface area contributed by atoms with Gasteiger partial charge in [-0.3, -0.25) is 19.3 Å². The number of carboxylic acids is 1. The van der Waals surface area contributed by atoms with E-state index in [0.29, 0.717) is 11.4 Å². The van der Waals surface area contributed by atoms with Crippen LogP contribution in [0.3, 0.4) is 0 Å². The van der Waals surface area contributed by atoms with Crippen LogP contribution in [0.4, 0.5) is 11.4 Å². The predicted molar refractivity (Wildman–Crippen MR) is 110 cm³/mol. The summed E-state index contributed by atoms with van der Waals surface area (Å²) in [6.07, 6.45) is 3.35. The highest BCUT2D eigenvalue weighted by molar-refractivity contribution is 6.22. The number of imide groups is 1. The van der Waals surface area contributed by atoms with Gasteiger partial charge in [0.1, 0.15) is 0 Å². The van der Waals surface area contributed by atoms with Gasteiger partial charge >= 0.3 is 5.97 Å². The predicted octanol–water partition coefficient (Wildman–Crippen LogP) is 3.63. The monoisotopic (exact) mass is 406 g/mol. The fourth-order valence-corrected chi connectivity index (χ4v) is 4.29. The Balaban J connectivity index is 1.59. The van der Waals surface area contributed by atoms with Gasteiger partial charge in [-0.15, -0.1) is 0 Å². The van der Waals surface area contributed by atoms with E-state index in [9.17, 15) is 19.2 Å². The number of carbonyl (C=O) groups is 4. The second-order valence-corrected chi connectivity index (χ2v) is 7.85. The van der Waals surface area contributed by atoms with E-state index < -0.39 is 11.9 Å². The molecule has 1 aliphatic carbocycles. The third kappa shape index (κ3) is 3.47. The second-order valence-electron chi connectivity index (χ2n) is 7.85. The smallest absolute Gasteiger partial charge is 0.335 e. The Hall–Kier alpha value is -3.48. The minimum Gasteiger partial charge on any atom is -0.478 e. The molecule has 1 saturated heterocycles. The number of carboxylic acid groups (broad SMARTS) is 1. The fourth-order valence-electron chi connectivity index (χ4n) is 4.29. The molecule has 154 valence electrons. The summed E-state index contributed by atoms with van der Waals surface area (Å²) in [5, 5.41) is 11.9. The lowest BCUT2D eigenvalue weighted by atomic mass is 9.81. The molecule has 0 bridgehead atoms. The number of hydrogen-bond acceptors (Lipinski definition) is 4. The van der Waals surface area contributed by atoms with Gasteiger partial charge in [0, 0.05) is 11.3 Å². The second kappa shape index (κ2) is 7.74. The third-order valence-electron chi connectivity index (χ3n) is 5.94. The van der Waals surface area contributed by atoms with Crippen LogP contribution >= 0.6 is 0 Å². The summed E-state index contributed by atoms with van der Waals surface area (Å²) in [5.74, 6) is -2.42. The summed E-state index contributed by atoms with van der Waals surface area (Å²) in [6.45, 7) is 1.76. The van der Waals surface area contributed by atoms with Crippen molar-refractivity contribution >= 4 is 35.1 Å². The number of aryl methyl sites for hydroxylation is 1. The molecule has 4 rings (SSSR count). The SMILES string of the molecule is Cc1ccc(C(=O)O)cc1NC(=O)c1cccc(N2C(=O)[C@@H]3CCCC[C@H]3C2=O)c1. The Kier molecular flexibility index (Phi) is 5.11. The van der Waals surface area contributed by atoms with Gasteiger partial charge in [0.05, 0.1) is 23.1 Å². The number of rotatable bonds is 4. The topological polar surface area (TPSA) is 104 Å². The molecule has 1 heterocycles. The summed E-state index contributed by atoms with van der Waals surface area (Å²) >= 11 is 0.